The van der Waals surface area contributed by atoms with E-state index in [-0.39, 0.29) is 6.61 Å². The number of nitrogens with one attached hydrogen (secondary N) is 1. The van der Waals surface area contributed by atoms with Crippen LogP contribution in [0.15, 0.2) is 30.3 Å². The van der Waals surface area contributed by atoms with Crippen molar-refractivity contribution in [2.45, 2.75) is 25.7 Å². The molecule has 0 saturated carbocycles. The van der Waals surface area contributed by atoms with Gasteiger partial charge in [-0.2, -0.15) is 0 Å². The molecule has 1 rings (SSSR count). The van der Waals surface area contributed by atoms with Crippen LogP contribution in [0.1, 0.15) is 12.5 Å². The Hall–Kier alpha value is -1.59. The summed E-state index contributed by atoms with van der Waals surface area (Å²) in [6, 6.07) is 9.05. The summed E-state index contributed by atoms with van der Waals surface area (Å²) in [7, 11) is 0. The van der Waals surface area contributed by atoms with Crippen molar-refractivity contribution >= 4 is 6.09 Å². The minimum absolute atomic E-state index is 0.228. The number of aliphatic hydroxyl groups is 1. The molecule has 0 fully saturated rings. The molecular weight excluding hydrogens is 222 g/mol. The van der Waals surface area contributed by atoms with Crippen LogP contribution >= 0.6 is 0 Å². The average Bonchev–Trinajstić information content (AvgIpc) is 2.30. The molecule has 94 valence electrons. The standard InChI is InChI=1S/C12H17NO4/c1-9(13-12(15)16)11(7-14)17-8-10-5-3-2-4-6-10/h2-6,9,11,13-14H,7-8H2,1H3,(H,15,16)/t9-,11+/m1/s1. The molecule has 0 spiro atoms. The summed E-state index contributed by atoms with van der Waals surface area (Å²) in [6.07, 6.45) is -1.68. The van der Waals surface area contributed by atoms with Crippen LogP contribution in [0.4, 0.5) is 4.79 Å². The first-order valence-corrected chi connectivity index (χ1v) is 5.39. The highest BCUT2D eigenvalue weighted by Crippen LogP contribution is 2.06. The normalized spacial score (nSPS) is 14.0. The number of aliphatic hydroxyl groups excluding tert-OH is 1. The minimum Gasteiger partial charge on any atom is -0.465 e. The lowest BCUT2D eigenvalue weighted by Gasteiger charge is -2.22. The Kier molecular flexibility index (Phi) is 5.45. The second-order valence-corrected chi connectivity index (χ2v) is 3.76. The van der Waals surface area contributed by atoms with Crippen molar-refractivity contribution in [1.82, 2.24) is 5.32 Å². The van der Waals surface area contributed by atoms with Crippen molar-refractivity contribution in [1.29, 1.82) is 0 Å². The number of hydrogen-bond donors (Lipinski definition) is 3. The largest absolute Gasteiger partial charge is 0.465 e. The van der Waals surface area contributed by atoms with Crippen LogP contribution in [0.25, 0.3) is 0 Å². The maximum absolute atomic E-state index is 10.5. The molecule has 1 amide bonds. The summed E-state index contributed by atoms with van der Waals surface area (Å²) in [4.78, 5) is 10.5. The first-order chi connectivity index (χ1) is 8.13. The van der Waals surface area contributed by atoms with E-state index in [1.54, 1.807) is 6.92 Å². The molecule has 1 aromatic rings. The number of rotatable bonds is 6. The lowest BCUT2D eigenvalue weighted by molar-refractivity contribution is -0.0151. The van der Waals surface area contributed by atoms with Gasteiger partial charge in [-0.25, -0.2) is 4.79 Å². The molecule has 0 heterocycles. The molecule has 5 heteroatoms. The van der Waals surface area contributed by atoms with E-state index in [2.05, 4.69) is 5.32 Å². The summed E-state index contributed by atoms with van der Waals surface area (Å²) >= 11 is 0. The van der Waals surface area contributed by atoms with Gasteiger partial charge in [-0.05, 0) is 12.5 Å². The number of carbonyl (C=O) groups is 1. The van der Waals surface area contributed by atoms with E-state index in [0.717, 1.165) is 5.56 Å². The topological polar surface area (TPSA) is 78.8 Å². The van der Waals surface area contributed by atoms with Crippen molar-refractivity contribution in [3.63, 3.8) is 0 Å². The number of ether oxygens (including phenoxy) is 1. The Morgan fingerprint density at radius 3 is 2.59 bits per heavy atom. The number of amides is 1. The zero-order valence-corrected chi connectivity index (χ0v) is 9.67. The van der Waals surface area contributed by atoms with Crippen molar-refractivity contribution < 1.29 is 19.7 Å². The highest BCUT2D eigenvalue weighted by molar-refractivity contribution is 5.64. The predicted octanol–water partition coefficient (Wildman–Crippen LogP) is 1.22. The SMILES string of the molecule is C[C@@H](NC(=O)O)[C@H](CO)OCc1ccccc1. The van der Waals surface area contributed by atoms with E-state index >= 15 is 0 Å². The summed E-state index contributed by atoms with van der Waals surface area (Å²) in [5.41, 5.74) is 0.980. The number of hydrogen-bond acceptors (Lipinski definition) is 3. The van der Waals surface area contributed by atoms with E-state index < -0.39 is 18.2 Å². The van der Waals surface area contributed by atoms with E-state index in [1.165, 1.54) is 0 Å². The molecule has 0 aromatic heterocycles. The summed E-state index contributed by atoms with van der Waals surface area (Å²) in [6.45, 7) is 1.77. The molecule has 0 aliphatic heterocycles. The summed E-state index contributed by atoms with van der Waals surface area (Å²) in [5, 5.41) is 20.0. The van der Waals surface area contributed by atoms with Gasteiger partial charge in [0, 0.05) is 0 Å². The van der Waals surface area contributed by atoms with E-state index in [1.807, 2.05) is 30.3 Å². The fourth-order valence-corrected chi connectivity index (χ4v) is 1.42. The van der Waals surface area contributed by atoms with Crippen LogP contribution in [-0.2, 0) is 11.3 Å². The van der Waals surface area contributed by atoms with Gasteiger partial charge in [-0.3, -0.25) is 0 Å². The third-order valence-electron chi connectivity index (χ3n) is 2.40. The minimum atomic E-state index is -1.13. The fraction of sp³-hybridized carbons (Fsp3) is 0.417. The Balaban J connectivity index is 2.44. The molecule has 3 N–H and O–H groups in total. The Bertz CT molecular complexity index is 342. The van der Waals surface area contributed by atoms with Gasteiger partial charge in [0.1, 0.15) is 6.10 Å². The van der Waals surface area contributed by atoms with Gasteiger partial charge in [-0.15, -0.1) is 0 Å². The van der Waals surface area contributed by atoms with Crippen LogP contribution in [0.3, 0.4) is 0 Å². The lowest BCUT2D eigenvalue weighted by atomic mass is 10.2. The fourth-order valence-electron chi connectivity index (χ4n) is 1.42. The van der Waals surface area contributed by atoms with Crippen molar-refractivity contribution in [2.24, 2.45) is 0 Å². The van der Waals surface area contributed by atoms with Crippen LogP contribution in [0, 0.1) is 0 Å². The third-order valence-corrected chi connectivity index (χ3v) is 2.40. The first kappa shape index (κ1) is 13.5. The second-order valence-electron chi connectivity index (χ2n) is 3.76. The Morgan fingerprint density at radius 1 is 1.41 bits per heavy atom. The first-order valence-electron chi connectivity index (χ1n) is 5.39. The third kappa shape index (κ3) is 4.84. The van der Waals surface area contributed by atoms with E-state index in [4.69, 9.17) is 14.9 Å². The van der Waals surface area contributed by atoms with Gasteiger partial charge >= 0.3 is 6.09 Å². The molecule has 17 heavy (non-hydrogen) atoms. The maximum atomic E-state index is 10.5. The molecule has 0 aliphatic rings. The highest BCUT2D eigenvalue weighted by Gasteiger charge is 2.18. The van der Waals surface area contributed by atoms with Gasteiger partial charge in [-0.1, -0.05) is 30.3 Å². The molecule has 5 nitrogen and oxygen atoms in total. The quantitative estimate of drug-likeness (QED) is 0.697. The maximum Gasteiger partial charge on any atom is 0.404 e. The van der Waals surface area contributed by atoms with Gasteiger partial charge in [0.2, 0.25) is 0 Å². The van der Waals surface area contributed by atoms with E-state index in [9.17, 15) is 4.79 Å². The lowest BCUT2D eigenvalue weighted by Crippen LogP contribution is -2.43. The van der Waals surface area contributed by atoms with Crippen LogP contribution in [0.5, 0.6) is 0 Å². The average molecular weight is 239 g/mol. The smallest absolute Gasteiger partial charge is 0.404 e. The zero-order valence-electron chi connectivity index (χ0n) is 9.67. The molecular formula is C12H17NO4. The van der Waals surface area contributed by atoms with Crippen LogP contribution in [0.2, 0.25) is 0 Å². The van der Waals surface area contributed by atoms with Crippen LogP contribution < -0.4 is 5.32 Å². The van der Waals surface area contributed by atoms with Gasteiger partial charge < -0.3 is 20.3 Å². The Labute approximate surface area is 100 Å². The molecule has 0 saturated heterocycles. The summed E-state index contributed by atoms with van der Waals surface area (Å²) in [5.74, 6) is 0. The molecule has 0 radical (unpaired) electrons. The Morgan fingerprint density at radius 2 is 2.06 bits per heavy atom. The zero-order chi connectivity index (χ0) is 12.7. The molecule has 2 atom stereocenters. The van der Waals surface area contributed by atoms with Gasteiger partial charge in [0.05, 0.1) is 19.3 Å². The molecule has 0 bridgehead atoms. The van der Waals surface area contributed by atoms with Crippen molar-refractivity contribution in [2.75, 3.05) is 6.61 Å². The molecule has 1 aromatic carbocycles. The second kappa shape index (κ2) is 6.88. The predicted molar refractivity (Wildman–Crippen MR) is 62.7 cm³/mol. The number of benzene rings is 1. The molecule has 0 aliphatic carbocycles. The van der Waals surface area contributed by atoms with E-state index in [0.29, 0.717) is 6.61 Å². The number of carboxylic acid groups (broad SMARTS) is 1. The van der Waals surface area contributed by atoms with Gasteiger partial charge in [0.25, 0.3) is 0 Å². The van der Waals surface area contributed by atoms with Gasteiger partial charge in [0.15, 0.2) is 0 Å². The molecule has 0 unspecified atom stereocenters. The van der Waals surface area contributed by atoms with Crippen molar-refractivity contribution in [3.8, 4) is 0 Å². The van der Waals surface area contributed by atoms with Crippen LogP contribution in [-0.4, -0.2) is 35.1 Å². The summed E-state index contributed by atoms with van der Waals surface area (Å²) < 4.78 is 5.46. The monoisotopic (exact) mass is 239 g/mol. The highest BCUT2D eigenvalue weighted by atomic mass is 16.5. The van der Waals surface area contributed by atoms with Crippen molar-refractivity contribution in [3.05, 3.63) is 35.9 Å².